The molecule has 7 nitrogen and oxygen atoms in total. The molecule has 1 aliphatic rings. The van der Waals surface area contributed by atoms with E-state index < -0.39 is 0 Å². The Hall–Kier alpha value is -2.35. The van der Waals surface area contributed by atoms with Gasteiger partial charge in [-0.1, -0.05) is 10.6 Å². The second-order valence-electron chi connectivity index (χ2n) is 5.80. The molecular formula is C16H19N5O2S. The molecule has 1 N–H and O–H groups in total. The van der Waals surface area contributed by atoms with Gasteiger partial charge in [0, 0.05) is 25.2 Å². The van der Waals surface area contributed by atoms with Gasteiger partial charge in [0.15, 0.2) is 5.78 Å². The van der Waals surface area contributed by atoms with Crippen LogP contribution in [0.2, 0.25) is 0 Å². The third-order valence-electron chi connectivity index (χ3n) is 4.14. The molecule has 1 fully saturated rings. The number of likely N-dealkylation sites (tertiary alicyclic amines) is 1. The van der Waals surface area contributed by atoms with Crippen molar-refractivity contribution in [2.75, 3.05) is 13.1 Å². The maximum Gasteiger partial charge on any atom is 0.317 e. The summed E-state index contributed by atoms with van der Waals surface area (Å²) >= 11 is 1.28. The van der Waals surface area contributed by atoms with E-state index in [4.69, 9.17) is 0 Å². The van der Waals surface area contributed by atoms with Crippen LogP contribution in [0.1, 0.15) is 33.9 Å². The Morgan fingerprint density at radius 2 is 2.29 bits per heavy atom. The SMILES string of the molecule is Cc1nnsc1CNC(=O)N1CCC[C@H](C(=O)c2ccccn2)C1. The number of piperidine rings is 1. The highest BCUT2D eigenvalue weighted by Crippen LogP contribution is 2.20. The third-order valence-corrected chi connectivity index (χ3v) is 4.97. The van der Waals surface area contributed by atoms with Gasteiger partial charge in [-0.15, -0.1) is 5.10 Å². The molecule has 3 rings (SSSR count). The van der Waals surface area contributed by atoms with Crippen LogP contribution in [0.5, 0.6) is 0 Å². The third kappa shape index (κ3) is 3.76. The number of aryl methyl sites for hydroxylation is 1. The van der Waals surface area contributed by atoms with Crippen molar-refractivity contribution in [3.8, 4) is 0 Å². The Labute approximate surface area is 144 Å². The second kappa shape index (κ2) is 7.48. The molecule has 126 valence electrons. The zero-order valence-corrected chi connectivity index (χ0v) is 14.3. The van der Waals surface area contributed by atoms with Crippen molar-refractivity contribution >= 4 is 23.3 Å². The first-order chi connectivity index (χ1) is 11.6. The van der Waals surface area contributed by atoms with Crippen molar-refractivity contribution in [2.45, 2.75) is 26.3 Å². The summed E-state index contributed by atoms with van der Waals surface area (Å²) in [6.07, 6.45) is 3.22. The summed E-state index contributed by atoms with van der Waals surface area (Å²) in [6, 6.07) is 5.16. The summed E-state index contributed by atoms with van der Waals surface area (Å²) < 4.78 is 3.86. The number of hydrogen-bond acceptors (Lipinski definition) is 6. The number of Topliss-reactive ketones (excluding diaryl/α,β-unsaturated/α-hetero) is 1. The molecule has 1 saturated heterocycles. The van der Waals surface area contributed by atoms with Crippen molar-refractivity contribution in [3.05, 3.63) is 40.7 Å². The van der Waals surface area contributed by atoms with Gasteiger partial charge in [0.1, 0.15) is 5.69 Å². The molecule has 0 saturated carbocycles. The van der Waals surface area contributed by atoms with E-state index in [1.165, 1.54) is 11.5 Å². The number of hydrogen-bond donors (Lipinski definition) is 1. The number of amides is 2. The first kappa shape index (κ1) is 16.5. The predicted octanol–water partition coefficient (Wildman–Crippen LogP) is 2.05. The van der Waals surface area contributed by atoms with E-state index >= 15 is 0 Å². The van der Waals surface area contributed by atoms with Crippen LogP contribution in [0.25, 0.3) is 0 Å². The molecule has 2 aromatic heterocycles. The standard InChI is InChI=1S/C16H19N5O2S/c1-11-14(24-20-19-11)9-18-16(23)21-8-4-5-12(10-21)15(22)13-6-2-3-7-17-13/h2-3,6-7,12H,4-5,8-10H2,1H3,(H,18,23)/t12-/m0/s1. The highest BCUT2D eigenvalue weighted by Gasteiger charge is 2.29. The molecule has 0 radical (unpaired) electrons. The van der Waals surface area contributed by atoms with Crippen LogP contribution >= 0.6 is 11.5 Å². The highest BCUT2D eigenvalue weighted by molar-refractivity contribution is 7.05. The molecule has 0 aliphatic carbocycles. The largest absolute Gasteiger partial charge is 0.333 e. The Morgan fingerprint density at radius 3 is 3.00 bits per heavy atom. The van der Waals surface area contributed by atoms with Crippen LogP contribution in [-0.4, -0.2) is 44.4 Å². The Morgan fingerprint density at radius 1 is 1.42 bits per heavy atom. The molecule has 8 heteroatoms. The summed E-state index contributed by atoms with van der Waals surface area (Å²) in [6.45, 7) is 3.38. The average molecular weight is 345 g/mol. The van der Waals surface area contributed by atoms with E-state index in [1.807, 2.05) is 6.92 Å². The second-order valence-corrected chi connectivity index (χ2v) is 6.64. The van der Waals surface area contributed by atoms with Gasteiger partial charge >= 0.3 is 6.03 Å². The fourth-order valence-corrected chi connectivity index (χ4v) is 3.35. The predicted molar refractivity (Wildman–Crippen MR) is 89.7 cm³/mol. The lowest BCUT2D eigenvalue weighted by molar-refractivity contribution is 0.0840. The van der Waals surface area contributed by atoms with Gasteiger partial charge in [0.2, 0.25) is 0 Å². The first-order valence-electron chi connectivity index (χ1n) is 7.91. The Kier molecular flexibility index (Phi) is 5.14. The number of aromatic nitrogens is 3. The monoisotopic (exact) mass is 345 g/mol. The number of carbonyl (C=O) groups is 2. The molecule has 1 atom stereocenters. The van der Waals surface area contributed by atoms with E-state index in [9.17, 15) is 9.59 Å². The van der Waals surface area contributed by atoms with Gasteiger partial charge in [0.25, 0.3) is 0 Å². The molecule has 24 heavy (non-hydrogen) atoms. The number of carbonyl (C=O) groups excluding carboxylic acids is 2. The molecular weight excluding hydrogens is 326 g/mol. The number of rotatable bonds is 4. The molecule has 2 amide bonds. The number of nitrogens with zero attached hydrogens (tertiary/aromatic N) is 4. The maximum absolute atomic E-state index is 12.5. The van der Waals surface area contributed by atoms with Gasteiger partial charge in [-0.05, 0) is 43.4 Å². The normalized spacial score (nSPS) is 17.5. The lowest BCUT2D eigenvalue weighted by Gasteiger charge is -2.31. The van der Waals surface area contributed by atoms with Crippen LogP contribution in [0.3, 0.4) is 0 Å². The molecule has 0 bridgehead atoms. The molecule has 1 aliphatic heterocycles. The van der Waals surface area contributed by atoms with Gasteiger partial charge < -0.3 is 10.2 Å². The van der Waals surface area contributed by atoms with Crippen molar-refractivity contribution in [3.63, 3.8) is 0 Å². The summed E-state index contributed by atoms with van der Waals surface area (Å²) in [7, 11) is 0. The van der Waals surface area contributed by atoms with Crippen LogP contribution in [0.4, 0.5) is 4.79 Å². The van der Waals surface area contributed by atoms with Gasteiger partial charge in [0.05, 0.1) is 17.1 Å². The highest BCUT2D eigenvalue weighted by atomic mass is 32.1. The number of nitrogens with one attached hydrogen (secondary N) is 1. The van der Waals surface area contributed by atoms with Crippen LogP contribution in [0.15, 0.2) is 24.4 Å². The zero-order valence-electron chi connectivity index (χ0n) is 13.4. The first-order valence-corrected chi connectivity index (χ1v) is 8.68. The zero-order chi connectivity index (χ0) is 16.9. The number of urea groups is 1. The lowest BCUT2D eigenvalue weighted by atomic mass is 9.92. The number of pyridine rings is 1. The fourth-order valence-electron chi connectivity index (χ4n) is 2.77. The minimum Gasteiger partial charge on any atom is -0.333 e. The topological polar surface area (TPSA) is 88.1 Å². The summed E-state index contributed by atoms with van der Waals surface area (Å²) in [5.41, 5.74) is 1.30. The summed E-state index contributed by atoms with van der Waals surface area (Å²) in [4.78, 5) is 31.7. The van der Waals surface area contributed by atoms with Crippen molar-refractivity contribution in [2.24, 2.45) is 5.92 Å². The number of ketones is 1. The average Bonchev–Trinajstić information content (AvgIpc) is 3.05. The van der Waals surface area contributed by atoms with E-state index in [2.05, 4.69) is 19.9 Å². The van der Waals surface area contributed by atoms with Gasteiger partial charge in [-0.3, -0.25) is 9.78 Å². The minimum absolute atomic E-state index is 0.00982. The molecule has 0 spiro atoms. The van der Waals surface area contributed by atoms with Crippen molar-refractivity contribution < 1.29 is 9.59 Å². The van der Waals surface area contributed by atoms with Crippen LogP contribution in [0, 0.1) is 12.8 Å². The van der Waals surface area contributed by atoms with Gasteiger partial charge in [-0.25, -0.2) is 4.79 Å². The van der Waals surface area contributed by atoms with E-state index in [0.29, 0.717) is 25.3 Å². The Balaban J connectivity index is 1.58. The van der Waals surface area contributed by atoms with E-state index in [1.54, 1.807) is 29.3 Å². The molecule has 0 unspecified atom stereocenters. The lowest BCUT2D eigenvalue weighted by Crippen LogP contribution is -2.46. The molecule has 2 aromatic rings. The van der Waals surface area contributed by atoms with Crippen LogP contribution < -0.4 is 5.32 Å². The van der Waals surface area contributed by atoms with Gasteiger partial charge in [-0.2, -0.15) is 0 Å². The van der Waals surface area contributed by atoms with Crippen molar-refractivity contribution in [1.82, 2.24) is 24.8 Å². The van der Waals surface area contributed by atoms with E-state index in [0.717, 1.165) is 23.4 Å². The van der Waals surface area contributed by atoms with E-state index in [-0.39, 0.29) is 17.7 Å². The van der Waals surface area contributed by atoms with Crippen LogP contribution in [-0.2, 0) is 6.54 Å². The molecule has 0 aromatic carbocycles. The molecule has 3 heterocycles. The quantitative estimate of drug-likeness (QED) is 0.857. The smallest absolute Gasteiger partial charge is 0.317 e. The van der Waals surface area contributed by atoms with Crippen molar-refractivity contribution in [1.29, 1.82) is 0 Å². The Bertz CT molecular complexity index is 718. The summed E-state index contributed by atoms with van der Waals surface area (Å²) in [5.74, 6) is -0.179. The summed E-state index contributed by atoms with van der Waals surface area (Å²) in [5, 5.41) is 6.81. The minimum atomic E-state index is -0.189. The fraction of sp³-hybridized carbons (Fsp3) is 0.438. The maximum atomic E-state index is 12.5.